The van der Waals surface area contributed by atoms with Gasteiger partial charge < -0.3 is 19.1 Å². The van der Waals surface area contributed by atoms with Crippen LogP contribution in [0.4, 0.5) is 0 Å². The van der Waals surface area contributed by atoms with Crippen LogP contribution in [0.2, 0.25) is 0 Å². The first kappa shape index (κ1) is 13.0. The van der Waals surface area contributed by atoms with Gasteiger partial charge in [0.25, 0.3) is 0 Å². The van der Waals surface area contributed by atoms with Crippen LogP contribution in [-0.4, -0.2) is 15.9 Å². The smallest absolute Gasteiger partial charge is 0.130 e. The van der Waals surface area contributed by atoms with E-state index in [2.05, 4.69) is 5.16 Å². The van der Waals surface area contributed by atoms with E-state index >= 15 is 0 Å². The molecule has 2 heterocycles. The molecule has 0 bridgehead atoms. The van der Waals surface area contributed by atoms with Crippen LogP contribution in [0.5, 0.6) is 11.5 Å². The summed E-state index contributed by atoms with van der Waals surface area (Å²) in [5.41, 5.74) is 1.30. The zero-order valence-corrected chi connectivity index (χ0v) is 11.5. The number of aliphatic hydroxyl groups excluding tert-OH is 1. The number of hydrogen-bond donors (Lipinski definition) is 1. The first-order valence-electron chi connectivity index (χ1n) is 6.56. The van der Waals surface area contributed by atoms with Gasteiger partial charge in [-0.05, 0) is 26.0 Å². The SMILES string of the molecule is CC1(C)CC(O)c2ccc(OCc3cnoc3)cc2O1. The van der Waals surface area contributed by atoms with Crippen molar-refractivity contribution in [2.75, 3.05) is 0 Å². The lowest BCUT2D eigenvalue weighted by Gasteiger charge is -2.35. The van der Waals surface area contributed by atoms with Crippen molar-refractivity contribution in [3.05, 3.63) is 41.8 Å². The number of hydrogen-bond acceptors (Lipinski definition) is 5. The standard InChI is InChI=1S/C15H17NO4/c1-15(2)6-13(17)12-4-3-11(5-14(12)20-15)18-8-10-7-16-19-9-10/h3-5,7,9,13,17H,6,8H2,1-2H3. The van der Waals surface area contributed by atoms with Crippen LogP contribution in [0.3, 0.4) is 0 Å². The van der Waals surface area contributed by atoms with Gasteiger partial charge in [0, 0.05) is 23.6 Å². The Morgan fingerprint density at radius 2 is 2.30 bits per heavy atom. The lowest BCUT2D eigenvalue weighted by molar-refractivity contribution is 0.0113. The molecule has 0 saturated heterocycles. The molecule has 1 unspecified atom stereocenters. The van der Waals surface area contributed by atoms with Crippen LogP contribution in [0.15, 0.2) is 35.2 Å². The summed E-state index contributed by atoms with van der Waals surface area (Å²) >= 11 is 0. The lowest BCUT2D eigenvalue weighted by atomic mass is 9.92. The third-order valence-corrected chi connectivity index (χ3v) is 3.30. The van der Waals surface area contributed by atoms with Gasteiger partial charge in [0.2, 0.25) is 0 Å². The van der Waals surface area contributed by atoms with Crippen molar-refractivity contribution in [1.29, 1.82) is 0 Å². The molecule has 5 heteroatoms. The van der Waals surface area contributed by atoms with E-state index in [0.717, 1.165) is 11.1 Å². The molecular weight excluding hydrogens is 258 g/mol. The average molecular weight is 275 g/mol. The van der Waals surface area contributed by atoms with Crippen LogP contribution in [0.1, 0.15) is 37.5 Å². The first-order valence-corrected chi connectivity index (χ1v) is 6.56. The number of aromatic nitrogens is 1. The van der Waals surface area contributed by atoms with Gasteiger partial charge in [-0.25, -0.2) is 0 Å². The molecular formula is C15H17NO4. The highest BCUT2D eigenvalue weighted by Crippen LogP contribution is 2.41. The van der Waals surface area contributed by atoms with E-state index in [4.69, 9.17) is 14.0 Å². The predicted octanol–water partition coefficient (Wildman–Crippen LogP) is 2.85. The topological polar surface area (TPSA) is 64.7 Å². The fourth-order valence-electron chi connectivity index (χ4n) is 2.35. The molecule has 0 fully saturated rings. The first-order chi connectivity index (χ1) is 9.53. The molecule has 20 heavy (non-hydrogen) atoms. The number of ether oxygens (including phenoxy) is 2. The maximum atomic E-state index is 10.1. The predicted molar refractivity (Wildman–Crippen MR) is 71.6 cm³/mol. The molecule has 1 atom stereocenters. The number of nitrogens with zero attached hydrogens (tertiary/aromatic N) is 1. The molecule has 5 nitrogen and oxygen atoms in total. The van der Waals surface area contributed by atoms with E-state index in [1.165, 1.54) is 0 Å². The van der Waals surface area contributed by atoms with E-state index in [1.54, 1.807) is 12.5 Å². The number of aliphatic hydroxyl groups is 1. The molecule has 1 aromatic heterocycles. The van der Waals surface area contributed by atoms with Crippen molar-refractivity contribution in [1.82, 2.24) is 5.16 Å². The molecule has 2 aromatic rings. The van der Waals surface area contributed by atoms with E-state index in [0.29, 0.717) is 24.5 Å². The highest BCUT2D eigenvalue weighted by Gasteiger charge is 2.32. The van der Waals surface area contributed by atoms with Crippen molar-refractivity contribution in [3.8, 4) is 11.5 Å². The van der Waals surface area contributed by atoms with Crippen LogP contribution >= 0.6 is 0 Å². The second-order valence-electron chi connectivity index (χ2n) is 5.60. The molecule has 0 radical (unpaired) electrons. The van der Waals surface area contributed by atoms with Crippen molar-refractivity contribution >= 4 is 0 Å². The fraction of sp³-hybridized carbons (Fsp3) is 0.400. The van der Waals surface area contributed by atoms with Crippen LogP contribution in [-0.2, 0) is 6.61 Å². The zero-order chi connectivity index (χ0) is 14.2. The molecule has 0 spiro atoms. The summed E-state index contributed by atoms with van der Waals surface area (Å²) in [6, 6.07) is 5.49. The Bertz CT molecular complexity index is 592. The van der Waals surface area contributed by atoms with Crippen molar-refractivity contribution < 1.29 is 19.1 Å². The fourth-order valence-corrected chi connectivity index (χ4v) is 2.35. The van der Waals surface area contributed by atoms with E-state index in [9.17, 15) is 5.11 Å². The third-order valence-electron chi connectivity index (χ3n) is 3.30. The van der Waals surface area contributed by atoms with Gasteiger partial charge in [-0.1, -0.05) is 5.16 Å². The maximum absolute atomic E-state index is 10.1. The highest BCUT2D eigenvalue weighted by atomic mass is 16.5. The van der Waals surface area contributed by atoms with Gasteiger partial charge in [-0.2, -0.15) is 0 Å². The molecule has 1 N–H and O–H groups in total. The lowest BCUT2D eigenvalue weighted by Crippen LogP contribution is -2.34. The third kappa shape index (κ3) is 2.63. The Labute approximate surface area is 117 Å². The zero-order valence-electron chi connectivity index (χ0n) is 11.5. The summed E-state index contributed by atoms with van der Waals surface area (Å²) in [4.78, 5) is 0. The summed E-state index contributed by atoms with van der Waals surface area (Å²) < 4.78 is 16.3. The maximum Gasteiger partial charge on any atom is 0.130 e. The molecule has 106 valence electrons. The van der Waals surface area contributed by atoms with Gasteiger partial charge in [-0.15, -0.1) is 0 Å². The Kier molecular flexibility index (Phi) is 3.14. The quantitative estimate of drug-likeness (QED) is 0.933. The number of rotatable bonds is 3. The average Bonchev–Trinajstić information content (AvgIpc) is 2.87. The van der Waals surface area contributed by atoms with Gasteiger partial charge in [0.05, 0.1) is 12.3 Å². The van der Waals surface area contributed by atoms with E-state index < -0.39 is 6.10 Å². The minimum atomic E-state index is -0.499. The minimum absolute atomic E-state index is 0.375. The van der Waals surface area contributed by atoms with Crippen molar-refractivity contribution in [3.63, 3.8) is 0 Å². The minimum Gasteiger partial charge on any atom is -0.489 e. The molecule has 1 aromatic carbocycles. The van der Waals surface area contributed by atoms with Crippen LogP contribution < -0.4 is 9.47 Å². The van der Waals surface area contributed by atoms with Crippen molar-refractivity contribution in [2.45, 2.75) is 38.6 Å². The Morgan fingerprint density at radius 1 is 1.45 bits per heavy atom. The monoisotopic (exact) mass is 275 g/mol. The summed E-state index contributed by atoms with van der Waals surface area (Å²) in [5.74, 6) is 1.37. The molecule has 0 amide bonds. The largest absolute Gasteiger partial charge is 0.489 e. The van der Waals surface area contributed by atoms with Gasteiger partial charge in [0.1, 0.15) is 30.0 Å². The summed E-state index contributed by atoms with van der Waals surface area (Å²) in [6.07, 6.45) is 3.24. The van der Waals surface area contributed by atoms with Gasteiger partial charge >= 0.3 is 0 Å². The van der Waals surface area contributed by atoms with E-state index in [-0.39, 0.29) is 5.60 Å². The molecule has 3 rings (SSSR count). The van der Waals surface area contributed by atoms with E-state index in [1.807, 2.05) is 32.0 Å². The Balaban J connectivity index is 1.78. The van der Waals surface area contributed by atoms with Gasteiger partial charge in [-0.3, -0.25) is 0 Å². The Hall–Kier alpha value is -2.01. The van der Waals surface area contributed by atoms with Crippen LogP contribution in [0.25, 0.3) is 0 Å². The second kappa shape index (κ2) is 4.83. The van der Waals surface area contributed by atoms with Crippen molar-refractivity contribution in [2.24, 2.45) is 0 Å². The van der Waals surface area contributed by atoms with Crippen LogP contribution in [0, 0.1) is 0 Å². The van der Waals surface area contributed by atoms with Gasteiger partial charge in [0.15, 0.2) is 0 Å². The molecule has 0 aliphatic carbocycles. The highest BCUT2D eigenvalue weighted by molar-refractivity contribution is 5.43. The normalized spacial score (nSPS) is 20.1. The molecule has 1 aliphatic rings. The summed E-state index contributed by atoms with van der Waals surface area (Å²) in [5, 5.41) is 13.7. The second-order valence-corrected chi connectivity index (χ2v) is 5.60. The molecule has 1 aliphatic heterocycles. The summed E-state index contributed by atoms with van der Waals surface area (Å²) in [7, 11) is 0. The molecule has 0 saturated carbocycles. The Morgan fingerprint density at radius 3 is 3.05 bits per heavy atom. The number of benzene rings is 1. The summed E-state index contributed by atoms with van der Waals surface area (Å²) in [6.45, 7) is 4.31. The number of fused-ring (bicyclic) bond motifs is 1.